The van der Waals surface area contributed by atoms with Gasteiger partial charge in [0.05, 0.1) is 17.4 Å². The van der Waals surface area contributed by atoms with Crippen LogP contribution in [0.15, 0.2) is 36.7 Å². The predicted octanol–water partition coefficient (Wildman–Crippen LogP) is 2.01. The second-order valence-corrected chi connectivity index (χ2v) is 5.59. The Morgan fingerprint density at radius 3 is 2.95 bits per heavy atom. The average molecular weight is 305 g/mol. The number of nitrogens with one attached hydrogen (secondary N) is 2. The fourth-order valence-corrected chi connectivity index (χ4v) is 2.62. The molecule has 2 N–H and O–H groups in total. The highest BCUT2D eigenvalue weighted by atomic mass is 35.5. The van der Waals surface area contributed by atoms with E-state index in [0.29, 0.717) is 10.6 Å². The number of amides is 1. The van der Waals surface area contributed by atoms with Crippen LogP contribution < -0.4 is 10.6 Å². The maximum Gasteiger partial charge on any atom is 0.254 e. The van der Waals surface area contributed by atoms with Crippen LogP contribution in [0.25, 0.3) is 5.69 Å². The molecule has 0 unspecified atom stereocenters. The number of hydrogen-bond acceptors (Lipinski definition) is 3. The first-order valence-corrected chi connectivity index (χ1v) is 7.42. The van der Waals surface area contributed by atoms with Gasteiger partial charge in [0.2, 0.25) is 0 Å². The average Bonchev–Trinajstić information content (AvgIpc) is 2.98. The topological polar surface area (TPSA) is 59.0 Å². The smallest absolute Gasteiger partial charge is 0.254 e. The molecule has 0 radical (unpaired) electrons. The first kappa shape index (κ1) is 14.1. The summed E-state index contributed by atoms with van der Waals surface area (Å²) in [5.74, 6) is -0.0739. The molecule has 0 aliphatic carbocycles. The molecule has 0 atom stereocenters. The SMILES string of the molecule is O=C(NC1CCNCC1)c1cnn(-c2cccc(Cl)c2)c1. The van der Waals surface area contributed by atoms with Gasteiger partial charge in [0.15, 0.2) is 0 Å². The Balaban J connectivity index is 1.70. The van der Waals surface area contributed by atoms with E-state index in [9.17, 15) is 4.79 Å². The van der Waals surface area contributed by atoms with E-state index in [1.165, 1.54) is 0 Å². The summed E-state index contributed by atoms with van der Waals surface area (Å²) in [5, 5.41) is 11.2. The van der Waals surface area contributed by atoms with Crippen molar-refractivity contribution in [3.63, 3.8) is 0 Å². The molecule has 0 spiro atoms. The third-order valence-electron chi connectivity index (χ3n) is 3.59. The van der Waals surface area contributed by atoms with Crippen molar-refractivity contribution in [3.8, 4) is 5.69 Å². The maximum absolute atomic E-state index is 12.2. The summed E-state index contributed by atoms with van der Waals surface area (Å²) < 4.78 is 1.66. The summed E-state index contributed by atoms with van der Waals surface area (Å²) in [6.45, 7) is 1.90. The molecule has 0 bridgehead atoms. The summed E-state index contributed by atoms with van der Waals surface area (Å²) in [6, 6.07) is 7.61. The van der Waals surface area contributed by atoms with E-state index < -0.39 is 0 Å². The molecular formula is C15H17ClN4O. The lowest BCUT2D eigenvalue weighted by Crippen LogP contribution is -2.42. The van der Waals surface area contributed by atoms with Crippen LogP contribution in [0.2, 0.25) is 5.02 Å². The van der Waals surface area contributed by atoms with Gasteiger partial charge in [-0.1, -0.05) is 17.7 Å². The van der Waals surface area contributed by atoms with Crippen LogP contribution in [0.4, 0.5) is 0 Å². The number of carbonyl (C=O) groups is 1. The van der Waals surface area contributed by atoms with Gasteiger partial charge in [-0.2, -0.15) is 5.10 Å². The minimum Gasteiger partial charge on any atom is -0.349 e. The van der Waals surface area contributed by atoms with Crippen molar-refractivity contribution in [2.75, 3.05) is 13.1 Å². The number of nitrogens with zero attached hydrogens (tertiary/aromatic N) is 2. The Labute approximate surface area is 128 Å². The molecule has 1 amide bonds. The maximum atomic E-state index is 12.2. The van der Waals surface area contributed by atoms with E-state index in [-0.39, 0.29) is 11.9 Å². The van der Waals surface area contributed by atoms with E-state index >= 15 is 0 Å². The van der Waals surface area contributed by atoms with Gasteiger partial charge in [-0.15, -0.1) is 0 Å². The number of carbonyl (C=O) groups excluding carboxylic acids is 1. The number of benzene rings is 1. The van der Waals surface area contributed by atoms with Crippen molar-refractivity contribution in [2.24, 2.45) is 0 Å². The predicted molar refractivity (Wildman–Crippen MR) is 81.9 cm³/mol. The van der Waals surface area contributed by atoms with Crippen molar-refractivity contribution in [3.05, 3.63) is 47.2 Å². The highest BCUT2D eigenvalue weighted by Crippen LogP contribution is 2.15. The Hall–Kier alpha value is -1.85. The van der Waals surface area contributed by atoms with Crippen molar-refractivity contribution < 1.29 is 4.79 Å². The second kappa shape index (κ2) is 6.28. The van der Waals surface area contributed by atoms with Gasteiger partial charge in [-0.05, 0) is 44.1 Å². The normalized spacial score (nSPS) is 15.9. The largest absolute Gasteiger partial charge is 0.349 e. The van der Waals surface area contributed by atoms with Crippen LogP contribution in [0, 0.1) is 0 Å². The lowest BCUT2D eigenvalue weighted by atomic mass is 10.1. The van der Waals surface area contributed by atoms with Gasteiger partial charge in [0.1, 0.15) is 0 Å². The van der Waals surface area contributed by atoms with Crippen LogP contribution in [-0.2, 0) is 0 Å². The molecule has 1 aromatic carbocycles. The Morgan fingerprint density at radius 2 is 2.19 bits per heavy atom. The van der Waals surface area contributed by atoms with E-state index in [1.807, 2.05) is 18.2 Å². The van der Waals surface area contributed by atoms with Crippen LogP contribution in [-0.4, -0.2) is 34.8 Å². The number of halogens is 1. The fourth-order valence-electron chi connectivity index (χ4n) is 2.43. The quantitative estimate of drug-likeness (QED) is 0.912. The minimum absolute atomic E-state index is 0.0739. The molecule has 21 heavy (non-hydrogen) atoms. The number of piperidine rings is 1. The zero-order valence-corrected chi connectivity index (χ0v) is 12.3. The minimum atomic E-state index is -0.0739. The summed E-state index contributed by atoms with van der Waals surface area (Å²) in [6.07, 6.45) is 5.24. The number of aromatic nitrogens is 2. The molecule has 1 aliphatic heterocycles. The third-order valence-corrected chi connectivity index (χ3v) is 3.83. The molecule has 1 fully saturated rings. The van der Waals surface area contributed by atoms with E-state index in [0.717, 1.165) is 31.6 Å². The van der Waals surface area contributed by atoms with Gasteiger partial charge in [-0.25, -0.2) is 4.68 Å². The molecule has 6 heteroatoms. The third kappa shape index (κ3) is 3.43. The monoisotopic (exact) mass is 304 g/mol. The Bertz CT molecular complexity index is 634. The Kier molecular flexibility index (Phi) is 4.22. The molecule has 0 saturated carbocycles. The van der Waals surface area contributed by atoms with E-state index in [1.54, 1.807) is 23.1 Å². The van der Waals surface area contributed by atoms with Gasteiger partial charge in [-0.3, -0.25) is 4.79 Å². The first-order chi connectivity index (χ1) is 10.2. The zero-order chi connectivity index (χ0) is 14.7. The summed E-state index contributed by atoms with van der Waals surface area (Å²) in [4.78, 5) is 12.2. The van der Waals surface area contributed by atoms with Crippen molar-refractivity contribution in [2.45, 2.75) is 18.9 Å². The lowest BCUT2D eigenvalue weighted by Gasteiger charge is -2.23. The van der Waals surface area contributed by atoms with Crippen molar-refractivity contribution in [1.82, 2.24) is 20.4 Å². The molecule has 1 saturated heterocycles. The fraction of sp³-hybridized carbons (Fsp3) is 0.333. The molecule has 2 aromatic rings. The molecule has 3 rings (SSSR count). The lowest BCUT2D eigenvalue weighted by molar-refractivity contribution is 0.0929. The standard InChI is InChI=1S/C15H17ClN4O/c16-12-2-1-3-14(8-12)20-10-11(9-18-20)15(21)19-13-4-6-17-7-5-13/h1-3,8-10,13,17H,4-7H2,(H,19,21). The van der Waals surface area contributed by atoms with Crippen LogP contribution in [0.3, 0.4) is 0 Å². The summed E-state index contributed by atoms with van der Waals surface area (Å²) >= 11 is 5.97. The summed E-state index contributed by atoms with van der Waals surface area (Å²) in [7, 11) is 0. The zero-order valence-electron chi connectivity index (χ0n) is 11.6. The molecule has 2 heterocycles. The Morgan fingerprint density at radius 1 is 1.38 bits per heavy atom. The van der Waals surface area contributed by atoms with E-state index in [2.05, 4.69) is 15.7 Å². The van der Waals surface area contributed by atoms with Crippen LogP contribution in [0.5, 0.6) is 0 Å². The summed E-state index contributed by atoms with van der Waals surface area (Å²) in [5.41, 5.74) is 1.40. The highest BCUT2D eigenvalue weighted by molar-refractivity contribution is 6.30. The van der Waals surface area contributed by atoms with Crippen molar-refractivity contribution >= 4 is 17.5 Å². The molecule has 110 valence electrons. The molecular weight excluding hydrogens is 288 g/mol. The van der Waals surface area contributed by atoms with Gasteiger partial charge >= 0.3 is 0 Å². The highest BCUT2D eigenvalue weighted by Gasteiger charge is 2.17. The molecule has 1 aromatic heterocycles. The number of rotatable bonds is 3. The van der Waals surface area contributed by atoms with Gasteiger partial charge in [0, 0.05) is 17.3 Å². The molecule has 5 nitrogen and oxygen atoms in total. The van der Waals surface area contributed by atoms with Gasteiger partial charge < -0.3 is 10.6 Å². The second-order valence-electron chi connectivity index (χ2n) is 5.15. The molecule has 1 aliphatic rings. The van der Waals surface area contributed by atoms with Crippen molar-refractivity contribution in [1.29, 1.82) is 0 Å². The van der Waals surface area contributed by atoms with E-state index in [4.69, 9.17) is 11.6 Å². The van der Waals surface area contributed by atoms with Crippen LogP contribution >= 0.6 is 11.6 Å². The first-order valence-electron chi connectivity index (χ1n) is 7.04. The van der Waals surface area contributed by atoms with Gasteiger partial charge in [0.25, 0.3) is 5.91 Å². The van der Waals surface area contributed by atoms with Crippen LogP contribution in [0.1, 0.15) is 23.2 Å². The number of hydrogen-bond donors (Lipinski definition) is 2.